The van der Waals surface area contributed by atoms with Crippen LogP contribution in [0.1, 0.15) is 21.5 Å². The van der Waals surface area contributed by atoms with Crippen LogP contribution in [0.2, 0.25) is 0 Å². The number of carbonyl (C=O) groups is 1. The molecule has 0 aliphatic heterocycles. The molecule has 0 aromatic heterocycles. The van der Waals surface area contributed by atoms with Crippen molar-refractivity contribution in [3.63, 3.8) is 0 Å². The van der Waals surface area contributed by atoms with Gasteiger partial charge in [0.15, 0.2) is 23.0 Å². The van der Waals surface area contributed by atoms with Gasteiger partial charge in [-0.05, 0) is 41.5 Å². The van der Waals surface area contributed by atoms with Gasteiger partial charge in [-0.1, -0.05) is 60.7 Å². The molecule has 6 heteroatoms. The third kappa shape index (κ3) is 6.32. The van der Waals surface area contributed by atoms with Gasteiger partial charge in [0.25, 0.3) is 5.91 Å². The number of carbonyl (C=O) groups excluding carboxylic acids is 1. The molecule has 0 aliphatic rings. The van der Waals surface area contributed by atoms with Crippen molar-refractivity contribution in [3.05, 3.63) is 114 Å². The molecule has 1 amide bonds. The van der Waals surface area contributed by atoms with E-state index >= 15 is 0 Å². The van der Waals surface area contributed by atoms with E-state index in [4.69, 9.17) is 18.9 Å². The van der Waals surface area contributed by atoms with Crippen molar-refractivity contribution in [1.29, 1.82) is 0 Å². The Bertz CT molecular complexity index is 1260. The quantitative estimate of drug-likeness (QED) is 0.303. The van der Waals surface area contributed by atoms with Gasteiger partial charge in [-0.2, -0.15) is 0 Å². The number of rotatable bonds is 10. The van der Waals surface area contributed by atoms with E-state index in [0.717, 1.165) is 11.1 Å². The summed E-state index contributed by atoms with van der Waals surface area (Å²) in [4.78, 5) is 12.9. The SMILES string of the molecule is COc1cc(NC(=O)c2ccc(OCc3ccccc3)c(OC)c2)ccc1OCc1ccccc1. The summed E-state index contributed by atoms with van der Waals surface area (Å²) in [5.41, 5.74) is 3.12. The van der Waals surface area contributed by atoms with Gasteiger partial charge in [-0.15, -0.1) is 0 Å². The molecule has 0 spiro atoms. The lowest BCUT2D eigenvalue weighted by Gasteiger charge is -2.14. The molecule has 4 aromatic carbocycles. The predicted octanol–water partition coefficient (Wildman–Crippen LogP) is 6.11. The first kappa shape index (κ1) is 23.7. The first-order valence-corrected chi connectivity index (χ1v) is 11.2. The molecule has 0 aliphatic carbocycles. The molecular formula is C29H27NO5. The lowest BCUT2D eigenvalue weighted by atomic mass is 10.1. The molecule has 1 N–H and O–H groups in total. The summed E-state index contributed by atoms with van der Waals surface area (Å²) in [6.07, 6.45) is 0. The van der Waals surface area contributed by atoms with Crippen molar-refractivity contribution < 1.29 is 23.7 Å². The minimum atomic E-state index is -0.280. The average molecular weight is 470 g/mol. The Kier molecular flexibility index (Phi) is 7.86. The molecule has 0 heterocycles. The molecule has 4 aromatic rings. The van der Waals surface area contributed by atoms with Crippen LogP contribution < -0.4 is 24.3 Å². The van der Waals surface area contributed by atoms with Gasteiger partial charge in [-0.25, -0.2) is 0 Å². The minimum absolute atomic E-state index is 0.280. The molecule has 178 valence electrons. The van der Waals surface area contributed by atoms with Gasteiger partial charge in [0.2, 0.25) is 0 Å². The van der Waals surface area contributed by atoms with E-state index in [9.17, 15) is 4.79 Å². The van der Waals surface area contributed by atoms with E-state index in [2.05, 4.69) is 5.32 Å². The van der Waals surface area contributed by atoms with E-state index in [0.29, 0.717) is 47.5 Å². The van der Waals surface area contributed by atoms with Crippen LogP contribution >= 0.6 is 0 Å². The summed E-state index contributed by atoms with van der Waals surface area (Å²) >= 11 is 0. The Morgan fingerprint density at radius 1 is 0.629 bits per heavy atom. The molecule has 0 saturated heterocycles. The summed E-state index contributed by atoms with van der Waals surface area (Å²) in [5.74, 6) is 1.89. The number of benzene rings is 4. The largest absolute Gasteiger partial charge is 0.493 e. The van der Waals surface area contributed by atoms with Gasteiger partial charge >= 0.3 is 0 Å². The zero-order valence-corrected chi connectivity index (χ0v) is 19.7. The van der Waals surface area contributed by atoms with Crippen molar-refractivity contribution >= 4 is 11.6 Å². The second-order valence-electron chi connectivity index (χ2n) is 7.73. The highest BCUT2D eigenvalue weighted by Gasteiger charge is 2.13. The number of hydrogen-bond donors (Lipinski definition) is 1. The van der Waals surface area contributed by atoms with Crippen LogP contribution in [0.15, 0.2) is 97.1 Å². The van der Waals surface area contributed by atoms with Gasteiger partial charge in [0.05, 0.1) is 14.2 Å². The summed E-state index contributed by atoms with van der Waals surface area (Å²) in [5, 5.41) is 2.89. The highest BCUT2D eigenvalue weighted by atomic mass is 16.5. The summed E-state index contributed by atoms with van der Waals surface area (Å²) in [6.45, 7) is 0.822. The Labute approximate surface area is 205 Å². The highest BCUT2D eigenvalue weighted by Crippen LogP contribution is 2.32. The van der Waals surface area contributed by atoms with E-state index in [1.807, 2.05) is 60.7 Å². The maximum Gasteiger partial charge on any atom is 0.255 e. The molecule has 35 heavy (non-hydrogen) atoms. The molecule has 4 rings (SSSR count). The second kappa shape index (κ2) is 11.6. The van der Waals surface area contributed by atoms with E-state index in [1.165, 1.54) is 0 Å². The molecule has 0 radical (unpaired) electrons. The predicted molar refractivity (Wildman–Crippen MR) is 135 cm³/mol. The van der Waals surface area contributed by atoms with Crippen LogP contribution in [0.3, 0.4) is 0 Å². The maximum atomic E-state index is 12.9. The van der Waals surface area contributed by atoms with Crippen molar-refractivity contribution in [2.45, 2.75) is 13.2 Å². The monoisotopic (exact) mass is 469 g/mol. The summed E-state index contributed by atoms with van der Waals surface area (Å²) in [6, 6.07) is 30.1. The standard InChI is InChI=1S/C29H27NO5/c1-32-27-17-23(13-15-25(27)34-19-21-9-5-3-6-10-21)29(31)30-24-14-16-26(28(18-24)33-2)35-20-22-11-7-4-8-12-22/h3-18H,19-20H2,1-2H3,(H,30,31). The van der Waals surface area contributed by atoms with E-state index in [-0.39, 0.29) is 5.91 Å². The fourth-order valence-corrected chi connectivity index (χ4v) is 3.47. The summed E-state index contributed by atoms with van der Waals surface area (Å²) in [7, 11) is 3.11. The van der Waals surface area contributed by atoms with Crippen LogP contribution in [-0.4, -0.2) is 20.1 Å². The fourth-order valence-electron chi connectivity index (χ4n) is 3.47. The maximum absolute atomic E-state index is 12.9. The first-order chi connectivity index (χ1) is 17.2. The Hall–Kier alpha value is -4.45. The smallest absolute Gasteiger partial charge is 0.255 e. The van der Waals surface area contributed by atoms with Gasteiger partial charge < -0.3 is 24.3 Å². The first-order valence-electron chi connectivity index (χ1n) is 11.2. The van der Waals surface area contributed by atoms with Crippen molar-refractivity contribution in [3.8, 4) is 23.0 Å². The van der Waals surface area contributed by atoms with Gasteiger partial charge in [-0.3, -0.25) is 4.79 Å². The number of amides is 1. The zero-order valence-electron chi connectivity index (χ0n) is 19.7. The lowest BCUT2D eigenvalue weighted by Crippen LogP contribution is -2.12. The molecule has 0 unspecified atom stereocenters. The third-order valence-corrected chi connectivity index (χ3v) is 5.32. The summed E-state index contributed by atoms with van der Waals surface area (Å²) < 4.78 is 22.7. The van der Waals surface area contributed by atoms with E-state index in [1.54, 1.807) is 50.6 Å². The normalized spacial score (nSPS) is 10.3. The Morgan fingerprint density at radius 3 is 1.69 bits per heavy atom. The highest BCUT2D eigenvalue weighted by molar-refractivity contribution is 6.04. The number of nitrogens with one attached hydrogen (secondary N) is 1. The Balaban J connectivity index is 1.41. The third-order valence-electron chi connectivity index (χ3n) is 5.32. The minimum Gasteiger partial charge on any atom is -0.493 e. The number of ether oxygens (including phenoxy) is 4. The van der Waals surface area contributed by atoms with Crippen LogP contribution in [0.5, 0.6) is 23.0 Å². The van der Waals surface area contributed by atoms with Crippen molar-refractivity contribution in [2.24, 2.45) is 0 Å². The number of methoxy groups -OCH3 is 2. The molecular weight excluding hydrogens is 442 g/mol. The van der Waals surface area contributed by atoms with Gasteiger partial charge in [0, 0.05) is 17.3 Å². The second-order valence-corrected chi connectivity index (χ2v) is 7.73. The van der Waals surface area contributed by atoms with E-state index < -0.39 is 0 Å². The fraction of sp³-hybridized carbons (Fsp3) is 0.138. The molecule has 0 atom stereocenters. The van der Waals surface area contributed by atoms with Crippen molar-refractivity contribution in [2.75, 3.05) is 19.5 Å². The van der Waals surface area contributed by atoms with Crippen LogP contribution in [0.4, 0.5) is 5.69 Å². The molecule has 0 fully saturated rings. The van der Waals surface area contributed by atoms with Crippen LogP contribution in [0, 0.1) is 0 Å². The molecule has 0 bridgehead atoms. The molecule has 0 saturated carbocycles. The lowest BCUT2D eigenvalue weighted by molar-refractivity contribution is 0.102. The van der Waals surface area contributed by atoms with Crippen molar-refractivity contribution in [1.82, 2.24) is 0 Å². The Morgan fingerprint density at radius 2 is 1.14 bits per heavy atom. The van der Waals surface area contributed by atoms with Crippen LogP contribution in [-0.2, 0) is 13.2 Å². The molecule has 6 nitrogen and oxygen atoms in total. The topological polar surface area (TPSA) is 66.0 Å². The van der Waals surface area contributed by atoms with Gasteiger partial charge in [0.1, 0.15) is 13.2 Å². The average Bonchev–Trinajstić information content (AvgIpc) is 2.92. The zero-order chi connectivity index (χ0) is 24.5. The van der Waals surface area contributed by atoms with Crippen LogP contribution in [0.25, 0.3) is 0 Å². The number of hydrogen-bond acceptors (Lipinski definition) is 5. The number of anilines is 1.